The zero-order valence-electron chi connectivity index (χ0n) is 16.2. The van der Waals surface area contributed by atoms with Crippen molar-refractivity contribution < 1.29 is 18.4 Å². The Labute approximate surface area is 168 Å². The second kappa shape index (κ2) is 7.93. The number of nitrogens with zero attached hydrogens (tertiary/aromatic N) is 2. The molecule has 1 aliphatic heterocycles. The first kappa shape index (κ1) is 19.5. The number of imide groups is 1. The fourth-order valence-corrected chi connectivity index (χ4v) is 4.71. The minimum absolute atomic E-state index is 0.0408. The molecule has 1 heterocycles. The second-order valence-electron chi connectivity index (χ2n) is 7.77. The summed E-state index contributed by atoms with van der Waals surface area (Å²) < 4.78 is 26.9. The summed E-state index contributed by atoms with van der Waals surface area (Å²) in [5.74, 6) is -0.531. The van der Waals surface area contributed by atoms with E-state index in [-0.39, 0.29) is 47.6 Å². The van der Waals surface area contributed by atoms with E-state index >= 15 is 0 Å². The largest absolute Gasteiger partial charge is 0.356 e. The number of aliphatic imine (C=N–C) groups is 1. The van der Waals surface area contributed by atoms with Crippen LogP contribution in [0.1, 0.15) is 18.4 Å². The summed E-state index contributed by atoms with van der Waals surface area (Å²) in [5, 5.41) is 6.00. The zero-order valence-corrected chi connectivity index (χ0v) is 16.2. The lowest BCUT2D eigenvalue weighted by Crippen LogP contribution is -2.39. The smallest absolute Gasteiger partial charge is 0.233 e. The number of nitrogens with one attached hydrogen (secondary N) is 2. The molecule has 1 saturated carbocycles. The molecule has 0 spiro atoms. The van der Waals surface area contributed by atoms with Gasteiger partial charge in [0.15, 0.2) is 5.96 Å². The number of likely N-dealkylation sites (tertiary alicyclic amines) is 1. The summed E-state index contributed by atoms with van der Waals surface area (Å²) in [6, 6.07) is 3.30. The van der Waals surface area contributed by atoms with Crippen LogP contribution in [-0.2, 0) is 16.1 Å². The molecule has 2 bridgehead atoms. The molecule has 0 aromatic heterocycles. The average molecular weight is 402 g/mol. The maximum Gasteiger partial charge on any atom is 0.233 e. The van der Waals surface area contributed by atoms with E-state index in [1.807, 2.05) is 0 Å². The number of carbonyl (C=O) groups excluding carboxylic acids is 2. The highest BCUT2D eigenvalue weighted by molar-refractivity contribution is 6.06. The van der Waals surface area contributed by atoms with E-state index in [0.717, 1.165) is 24.6 Å². The summed E-state index contributed by atoms with van der Waals surface area (Å²) in [6.07, 6.45) is 5.67. The molecule has 1 saturated heterocycles. The number of halogens is 2. The molecule has 2 amide bonds. The van der Waals surface area contributed by atoms with Crippen LogP contribution in [0, 0.1) is 35.3 Å². The molecule has 0 radical (unpaired) electrons. The molecule has 8 heteroatoms. The third-order valence-corrected chi connectivity index (χ3v) is 6.09. The van der Waals surface area contributed by atoms with Crippen molar-refractivity contribution in [2.45, 2.75) is 19.4 Å². The predicted octanol–water partition coefficient (Wildman–Crippen LogP) is 1.83. The normalized spacial score (nSPS) is 27.7. The van der Waals surface area contributed by atoms with E-state index in [1.54, 1.807) is 7.05 Å². The van der Waals surface area contributed by atoms with Crippen LogP contribution in [0.25, 0.3) is 0 Å². The number of carbonyl (C=O) groups is 2. The average Bonchev–Trinajstić information content (AvgIpc) is 3.39. The van der Waals surface area contributed by atoms with Crippen LogP contribution in [0.5, 0.6) is 0 Å². The second-order valence-corrected chi connectivity index (χ2v) is 7.77. The Morgan fingerprint density at radius 1 is 1.14 bits per heavy atom. The third kappa shape index (κ3) is 3.63. The number of benzene rings is 1. The van der Waals surface area contributed by atoms with E-state index in [1.165, 1.54) is 4.90 Å². The molecular formula is C21H24F2N4O2. The molecule has 3 aliphatic rings. The fourth-order valence-electron chi connectivity index (χ4n) is 4.71. The molecule has 154 valence electrons. The van der Waals surface area contributed by atoms with Crippen LogP contribution in [0.15, 0.2) is 35.3 Å². The molecule has 4 unspecified atom stereocenters. The summed E-state index contributed by atoms with van der Waals surface area (Å²) in [5.41, 5.74) is 0.205. The Morgan fingerprint density at radius 3 is 2.48 bits per heavy atom. The molecule has 2 aliphatic carbocycles. The molecule has 4 atom stereocenters. The Kier molecular flexibility index (Phi) is 5.34. The first-order valence-electron chi connectivity index (χ1n) is 9.91. The van der Waals surface area contributed by atoms with Gasteiger partial charge in [-0.15, -0.1) is 0 Å². The van der Waals surface area contributed by atoms with Crippen LogP contribution in [0.2, 0.25) is 0 Å². The molecule has 1 aromatic carbocycles. The van der Waals surface area contributed by atoms with Crippen molar-refractivity contribution in [3.05, 3.63) is 47.5 Å². The van der Waals surface area contributed by atoms with Crippen molar-refractivity contribution in [1.29, 1.82) is 0 Å². The Hall–Kier alpha value is -2.77. The molecule has 29 heavy (non-hydrogen) atoms. The highest BCUT2D eigenvalue weighted by Crippen LogP contribution is 2.52. The zero-order chi connectivity index (χ0) is 20.5. The summed E-state index contributed by atoms with van der Waals surface area (Å²) in [4.78, 5) is 30.7. The highest BCUT2D eigenvalue weighted by Gasteiger charge is 2.58. The van der Waals surface area contributed by atoms with Crippen molar-refractivity contribution in [2.24, 2.45) is 28.7 Å². The van der Waals surface area contributed by atoms with E-state index in [9.17, 15) is 18.4 Å². The first-order valence-corrected chi connectivity index (χ1v) is 9.91. The lowest BCUT2D eigenvalue weighted by Gasteiger charge is -2.18. The van der Waals surface area contributed by atoms with Gasteiger partial charge in [0.1, 0.15) is 11.6 Å². The van der Waals surface area contributed by atoms with Crippen molar-refractivity contribution in [3.63, 3.8) is 0 Å². The van der Waals surface area contributed by atoms with Gasteiger partial charge in [-0.05, 0) is 42.9 Å². The SMILES string of the molecule is CN=C(NCCCN1C(=O)C2C3C=CC(C3)C2C1=O)NCc1cc(F)ccc1F. The highest BCUT2D eigenvalue weighted by atomic mass is 19.1. The first-order chi connectivity index (χ1) is 14.0. The molecule has 6 nitrogen and oxygen atoms in total. The molecule has 4 rings (SSSR count). The van der Waals surface area contributed by atoms with Crippen LogP contribution >= 0.6 is 0 Å². The van der Waals surface area contributed by atoms with E-state index in [4.69, 9.17) is 0 Å². The van der Waals surface area contributed by atoms with Gasteiger partial charge in [-0.2, -0.15) is 0 Å². The van der Waals surface area contributed by atoms with E-state index in [2.05, 4.69) is 27.8 Å². The van der Waals surface area contributed by atoms with Crippen LogP contribution in [-0.4, -0.2) is 42.8 Å². The Bertz CT molecular complexity index is 855. The lowest BCUT2D eigenvalue weighted by atomic mass is 9.85. The van der Waals surface area contributed by atoms with Crippen molar-refractivity contribution in [1.82, 2.24) is 15.5 Å². The minimum Gasteiger partial charge on any atom is -0.356 e. The Morgan fingerprint density at radius 2 is 1.83 bits per heavy atom. The minimum atomic E-state index is -0.500. The van der Waals surface area contributed by atoms with Gasteiger partial charge < -0.3 is 10.6 Å². The van der Waals surface area contributed by atoms with Gasteiger partial charge in [-0.25, -0.2) is 8.78 Å². The predicted molar refractivity (Wildman–Crippen MR) is 104 cm³/mol. The molecule has 2 fully saturated rings. The maximum absolute atomic E-state index is 13.7. The molecule has 2 N–H and O–H groups in total. The number of allylic oxidation sites excluding steroid dienone is 2. The number of amides is 2. The van der Waals surface area contributed by atoms with Gasteiger partial charge >= 0.3 is 0 Å². The monoisotopic (exact) mass is 402 g/mol. The van der Waals surface area contributed by atoms with E-state index in [0.29, 0.717) is 25.5 Å². The Balaban J connectivity index is 1.23. The number of hydrogen-bond donors (Lipinski definition) is 2. The number of guanidine groups is 1. The maximum atomic E-state index is 13.7. The quantitative estimate of drug-likeness (QED) is 0.250. The van der Waals surface area contributed by atoms with Crippen molar-refractivity contribution >= 4 is 17.8 Å². The van der Waals surface area contributed by atoms with Gasteiger partial charge in [0.25, 0.3) is 0 Å². The molecular weight excluding hydrogens is 378 g/mol. The van der Waals surface area contributed by atoms with Crippen molar-refractivity contribution in [3.8, 4) is 0 Å². The van der Waals surface area contributed by atoms with Gasteiger partial charge in [-0.3, -0.25) is 19.5 Å². The number of hydrogen-bond acceptors (Lipinski definition) is 3. The standard InChI is InChI=1S/C21H24F2N4O2/c1-24-21(26-11-14-10-15(22)5-6-16(14)23)25-7-2-8-27-19(28)17-12-3-4-13(9-12)18(17)20(27)29/h3-6,10,12-13,17-18H,2,7-9,11H2,1H3,(H2,24,25,26). The topological polar surface area (TPSA) is 73.8 Å². The lowest BCUT2D eigenvalue weighted by molar-refractivity contribution is -0.140. The summed E-state index contributed by atoms with van der Waals surface area (Å²) in [6.45, 7) is 0.945. The van der Waals surface area contributed by atoms with Crippen LogP contribution < -0.4 is 10.6 Å². The van der Waals surface area contributed by atoms with E-state index < -0.39 is 11.6 Å². The van der Waals surface area contributed by atoms with Crippen LogP contribution in [0.4, 0.5) is 8.78 Å². The van der Waals surface area contributed by atoms with Gasteiger partial charge in [0, 0.05) is 32.2 Å². The number of fused-ring (bicyclic) bond motifs is 5. The van der Waals surface area contributed by atoms with Crippen LogP contribution in [0.3, 0.4) is 0 Å². The van der Waals surface area contributed by atoms with Gasteiger partial charge in [0.2, 0.25) is 11.8 Å². The third-order valence-electron chi connectivity index (χ3n) is 6.09. The van der Waals surface area contributed by atoms with Gasteiger partial charge in [0.05, 0.1) is 11.8 Å². The number of rotatable bonds is 6. The summed E-state index contributed by atoms with van der Waals surface area (Å²) >= 11 is 0. The molecule has 1 aromatic rings. The fraction of sp³-hybridized carbons (Fsp3) is 0.476. The van der Waals surface area contributed by atoms with Gasteiger partial charge in [-0.1, -0.05) is 12.2 Å². The summed E-state index contributed by atoms with van der Waals surface area (Å²) in [7, 11) is 1.58. The van der Waals surface area contributed by atoms with Crippen molar-refractivity contribution in [2.75, 3.05) is 20.1 Å².